The summed E-state index contributed by atoms with van der Waals surface area (Å²) in [6.07, 6.45) is 0.0480. The molecule has 2 aromatic rings. The van der Waals surface area contributed by atoms with Gasteiger partial charge in [-0.1, -0.05) is 51.1 Å². The van der Waals surface area contributed by atoms with Crippen LogP contribution in [-0.2, 0) is 30.3 Å². The van der Waals surface area contributed by atoms with Crippen molar-refractivity contribution in [3.63, 3.8) is 0 Å². The van der Waals surface area contributed by atoms with Crippen LogP contribution in [0.1, 0.15) is 95.4 Å². The first-order valence-electron chi connectivity index (χ1n) is 16.1. The molecule has 260 valence electrons. The molecular formula is C34H51N5O7S. The molecule has 0 spiro atoms. The third-order valence-corrected chi connectivity index (χ3v) is 8.28. The Kier molecular flexibility index (Phi) is 16.0. The molecule has 0 fully saturated rings. The lowest BCUT2D eigenvalue weighted by Gasteiger charge is -2.35. The van der Waals surface area contributed by atoms with Gasteiger partial charge in [-0.2, -0.15) is 0 Å². The van der Waals surface area contributed by atoms with Crippen molar-refractivity contribution in [3.8, 4) is 0 Å². The highest BCUT2D eigenvalue weighted by atomic mass is 32.1. The molecule has 0 radical (unpaired) electrons. The number of carboxylic acids is 1. The number of aliphatic carboxylic acids is 1. The Bertz CT molecular complexity index is 1310. The number of aromatic nitrogens is 1. The van der Waals surface area contributed by atoms with Crippen molar-refractivity contribution in [2.24, 2.45) is 11.8 Å². The smallest absolute Gasteiger partial charge is 0.306 e. The van der Waals surface area contributed by atoms with Gasteiger partial charge in [-0.05, 0) is 52.0 Å². The molecule has 3 amide bonds. The van der Waals surface area contributed by atoms with Crippen molar-refractivity contribution in [2.75, 3.05) is 13.1 Å². The lowest BCUT2D eigenvalue weighted by molar-refractivity contribution is -0.148. The monoisotopic (exact) mass is 673 g/mol. The van der Waals surface area contributed by atoms with Crippen LogP contribution in [0, 0.1) is 11.8 Å². The average molecular weight is 674 g/mol. The fourth-order valence-corrected chi connectivity index (χ4v) is 6.11. The number of carbonyl (C=O) groups excluding carboxylic acids is 4. The predicted molar refractivity (Wildman–Crippen MR) is 181 cm³/mol. The van der Waals surface area contributed by atoms with Gasteiger partial charge in [0.15, 0.2) is 6.10 Å². The van der Waals surface area contributed by atoms with Gasteiger partial charge in [0, 0.05) is 42.9 Å². The summed E-state index contributed by atoms with van der Waals surface area (Å²) in [4.78, 5) is 69.3. The van der Waals surface area contributed by atoms with Gasteiger partial charge in [0.1, 0.15) is 10.7 Å². The Hall–Kier alpha value is -3.84. The number of carbonyl (C=O) groups is 5. The molecule has 0 saturated heterocycles. The van der Waals surface area contributed by atoms with Crippen molar-refractivity contribution in [1.29, 1.82) is 0 Å². The van der Waals surface area contributed by atoms with Crippen LogP contribution in [0.4, 0.5) is 0 Å². The van der Waals surface area contributed by atoms with Gasteiger partial charge in [-0.3, -0.25) is 28.9 Å². The van der Waals surface area contributed by atoms with Gasteiger partial charge in [0.05, 0.1) is 19.0 Å². The van der Waals surface area contributed by atoms with E-state index in [2.05, 4.69) is 20.9 Å². The fraction of sp³-hybridized carbons (Fsp3) is 0.588. The van der Waals surface area contributed by atoms with E-state index in [1.165, 1.54) is 18.3 Å². The zero-order valence-electron chi connectivity index (χ0n) is 28.7. The van der Waals surface area contributed by atoms with Crippen LogP contribution in [0.25, 0.3) is 0 Å². The summed E-state index contributed by atoms with van der Waals surface area (Å²) >= 11 is 1.17. The molecule has 4 atom stereocenters. The summed E-state index contributed by atoms with van der Waals surface area (Å²) in [5.74, 6) is -3.15. The van der Waals surface area contributed by atoms with Gasteiger partial charge in [0.25, 0.3) is 5.91 Å². The molecule has 2 rings (SSSR count). The summed E-state index contributed by atoms with van der Waals surface area (Å²) in [6, 6.07) is 8.50. The Balaban J connectivity index is 2.34. The molecule has 4 N–H and O–H groups in total. The first-order valence-corrected chi connectivity index (χ1v) is 17.0. The first-order chi connectivity index (χ1) is 22.0. The number of hydrogen-bond donors (Lipinski definition) is 4. The van der Waals surface area contributed by atoms with Gasteiger partial charge in [0.2, 0.25) is 11.8 Å². The maximum absolute atomic E-state index is 13.4. The molecule has 13 heteroatoms. The third-order valence-electron chi connectivity index (χ3n) is 7.34. The second-order valence-corrected chi connectivity index (χ2v) is 13.8. The molecule has 0 unspecified atom stereocenters. The molecule has 0 bridgehead atoms. The highest BCUT2D eigenvalue weighted by molar-refractivity contribution is 7.09. The van der Waals surface area contributed by atoms with Crippen molar-refractivity contribution in [3.05, 3.63) is 52.0 Å². The van der Waals surface area contributed by atoms with E-state index in [1.54, 1.807) is 17.2 Å². The Morgan fingerprint density at radius 1 is 0.872 bits per heavy atom. The zero-order chi connectivity index (χ0) is 35.3. The normalized spacial score (nSPS) is 14.0. The number of esters is 1. The zero-order valence-corrected chi connectivity index (χ0v) is 29.6. The van der Waals surface area contributed by atoms with Crippen LogP contribution in [0.3, 0.4) is 0 Å². The summed E-state index contributed by atoms with van der Waals surface area (Å²) in [7, 11) is 0. The molecule has 0 aliphatic rings. The van der Waals surface area contributed by atoms with E-state index >= 15 is 0 Å². The van der Waals surface area contributed by atoms with E-state index in [0.29, 0.717) is 11.4 Å². The molecule has 1 aromatic heterocycles. The number of nitrogens with one attached hydrogen (secondary N) is 3. The number of carboxylic acid groups (broad SMARTS) is 1. The van der Waals surface area contributed by atoms with Crippen LogP contribution in [0.15, 0.2) is 35.7 Å². The van der Waals surface area contributed by atoms with Crippen LogP contribution in [0.2, 0.25) is 0 Å². The number of rotatable bonds is 19. The lowest BCUT2D eigenvalue weighted by Crippen LogP contribution is -2.51. The van der Waals surface area contributed by atoms with Gasteiger partial charge in [-0.25, -0.2) is 4.98 Å². The van der Waals surface area contributed by atoms with E-state index < -0.39 is 35.9 Å². The minimum atomic E-state index is -0.949. The molecule has 0 saturated carbocycles. The Morgan fingerprint density at radius 3 is 1.94 bits per heavy atom. The number of amides is 3. The highest BCUT2D eigenvalue weighted by Crippen LogP contribution is 2.31. The summed E-state index contributed by atoms with van der Waals surface area (Å²) in [5.41, 5.74) is 1.08. The van der Waals surface area contributed by atoms with E-state index in [0.717, 1.165) is 5.56 Å². The quantitative estimate of drug-likeness (QED) is 0.161. The van der Waals surface area contributed by atoms with Crippen molar-refractivity contribution in [2.45, 2.75) is 105 Å². The highest BCUT2D eigenvalue weighted by Gasteiger charge is 2.32. The van der Waals surface area contributed by atoms with Gasteiger partial charge < -0.3 is 25.8 Å². The van der Waals surface area contributed by atoms with Gasteiger partial charge >= 0.3 is 11.9 Å². The fourth-order valence-electron chi connectivity index (χ4n) is 5.28. The van der Waals surface area contributed by atoms with Crippen molar-refractivity contribution < 1.29 is 33.8 Å². The van der Waals surface area contributed by atoms with Gasteiger partial charge in [-0.15, -0.1) is 11.3 Å². The number of hydrogen-bond acceptors (Lipinski definition) is 9. The van der Waals surface area contributed by atoms with Crippen LogP contribution >= 0.6 is 11.3 Å². The molecule has 0 aliphatic carbocycles. The molecule has 1 heterocycles. The molecule has 47 heavy (non-hydrogen) atoms. The van der Waals surface area contributed by atoms with E-state index in [1.807, 2.05) is 71.9 Å². The average Bonchev–Trinajstić information content (AvgIpc) is 3.44. The standard InChI is InChI=1S/C34H51N5O7S/c1-20(2)28(39(17-30(41)35-21(3)4)18-31(42)36-22(5)6)16-29(46-24(8)40)33-38-27(19-47-33)32(43)37-26(14-23(7)34(44)45)15-25-12-10-9-11-13-25/h9-13,19-23,26,28-29H,14-18H2,1-8H3,(H,35,41)(H,36,42)(H,37,43)(H,44,45)/t23-,26+,28+,29+/m0/s1. The Morgan fingerprint density at radius 2 is 1.45 bits per heavy atom. The SMILES string of the molecule is CC(=O)O[C@H](C[C@H](C(C)C)N(CC(=O)NC(C)C)CC(=O)NC(C)C)c1nc(C(=O)N[C@@H](Cc2ccccc2)C[C@H](C)C(=O)O)cs1. The van der Waals surface area contributed by atoms with E-state index in [4.69, 9.17) is 4.74 Å². The second-order valence-electron chi connectivity index (χ2n) is 12.9. The topological polar surface area (TPSA) is 167 Å². The first kappa shape index (κ1) is 39.3. The number of nitrogens with zero attached hydrogens (tertiary/aromatic N) is 2. The maximum atomic E-state index is 13.4. The molecule has 12 nitrogen and oxygen atoms in total. The van der Waals surface area contributed by atoms with Crippen LogP contribution in [0.5, 0.6) is 0 Å². The maximum Gasteiger partial charge on any atom is 0.306 e. The molecular weight excluding hydrogens is 622 g/mol. The van der Waals surface area contributed by atoms with Crippen molar-refractivity contribution in [1.82, 2.24) is 25.8 Å². The van der Waals surface area contributed by atoms with Crippen molar-refractivity contribution >= 4 is 41.0 Å². The van der Waals surface area contributed by atoms with Crippen LogP contribution < -0.4 is 16.0 Å². The molecule has 0 aliphatic heterocycles. The predicted octanol–water partition coefficient (Wildman–Crippen LogP) is 3.97. The summed E-state index contributed by atoms with van der Waals surface area (Å²) in [5, 5.41) is 20.2. The Labute approximate surface area is 282 Å². The van der Waals surface area contributed by atoms with E-state index in [-0.39, 0.29) is 67.5 Å². The second kappa shape index (κ2) is 19.1. The number of ether oxygens (including phenoxy) is 1. The summed E-state index contributed by atoms with van der Waals surface area (Å²) < 4.78 is 5.72. The summed E-state index contributed by atoms with van der Waals surface area (Å²) in [6.45, 7) is 14.2. The largest absolute Gasteiger partial charge is 0.481 e. The third kappa shape index (κ3) is 14.2. The minimum absolute atomic E-state index is 0.0393. The number of benzene rings is 1. The van der Waals surface area contributed by atoms with Crippen LogP contribution in [-0.4, -0.2) is 81.9 Å². The minimum Gasteiger partial charge on any atom is -0.481 e. The van der Waals surface area contributed by atoms with E-state index in [9.17, 15) is 29.1 Å². The number of thiazole rings is 1. The molecule has 1 aromatic carbocycles. The lowest BCUT2D eigenvalue weighted by atomic mass is 9.95.